The number of nitrogens with zero attached hydrogens (tertiary/aromatic N) is 1. The lowest BCUT2D eigenvalue weighted by molar-refractivity contribution is -0.119. The van der Waals surface area contributed by atoms with Gasteiger partial charge in [-0.1, -0.05) is 27.7 Å². The van der Waals surface area contributed by atoms with Crippen LogP contribution in [0.2, 0.25) is 0 Å². The molecule has 1 aromatic rings. The van der Waals surface area contributed by atoms with Crippen molar-refractivity contribution in [3.05, 3.63) is 11.8 Å². The average molecular weight is 224 g/mol. The number of carbonyl (C=O) groups is 1. The summed E-state index contributed by atoms with van der Waals surface area (Å²) in [7, 11) is 0. The van der Waals surface area contributed by atoms with Crippen molar-refractivity contribution in [1.29, 1.82) is 0 Å². The Hall–Kier alpha value is -1.36. The smallest absolute Gasteiger partial charge is 0.243 e. The fourth-order valence-electron chi connectivity index (χ4n) is 1.20. The molecule has 1 rings (SSSR count). The summed E-state index contributed by atoms with van der Waals surface area (Å²) in [6, 6.07) is 1.27. The molecule has 0 aliphatic heterocycles. The number of nitrogens with one attached hydrogen (secondary N) is 2. The van der Waals surface area contributed by atoms with Crippen LogP contribution in [-0.4, -0.2) is 22.1 Å². The van der Waals surface area contributed by atoms with E-state index in [0.717, 1.165) is 12.1 Å². The van der Waals surface area contributed by atoms with Crippen molar-refractivity contribution in [3.8, 4) is 0 Å². The quantitative estimate of drug-likeness (QED) is 0.723. The Morgan fingerprint density at radius 3 is 2.69 bits per heavy atom. The first kappa shape index (κ1) is 12.7. The minimum absolute atomic E-state index is 0.207. The first-order chi connectivity index (χ1) is 7.34. The van der Waals surface area contributed by atoms with Gasteiger partial charge in [-0.3, -0.25) is 9.89 Å². The SMILES string of the molecule is CCc1cc(NC(=O)[C@@H](N)C(C)(C)C)n[nH]1. The molecule has 90 valence electrons. The third-order valence-corrected chi connectivity index (χ3v) is 2.48. The third kappa shape index (κ3) is 3.06. The van der Waals surface area contributed by atoms with Crippen molar-refractivity contribution < 1.29 is 4.79 Å². The maximum atomic E-state index is 11.8. The summed E-state index contributed by atoms with van der Waals surface area (Å²) >= 11 is 0. The van der Waals surface area contributed by atoms with Gasteiger partial charge in [-0.15, -0.1) is 0 Å². The molecule has 5 heteroatoms. The molecule has 0 bridgehead atoms. The number of hydrogen-bond donors (Lipinski definition) is 3. The highest BCUT2D eigenvalue weighted by atomic mass is 16.2. The van der Waals surface area contributed by atoms with Crippen molar-refractivity contribution in [2.24, 2.45) is 11.1 Å². The number of carbonyl (C=O) groups excluding carboxylic acids is 1. The minimum Gasteiger partial charge on any atom is -0.319 e. The molecular formula is C11H20N4O. The Balaban J connectivity index is 2.64. The molecule has 0 unspecified atom stereocenters. The van der Waals surface area contributed by atoms with Gasteiger partial charge in [0.25, 0.3) is 0 Å². The molecule has 0 spiro atoms. The summed E-state index contributed by atoms with van der Waals surface area (Å²) in [5, 5.41) is 9.51. The van der Waals surface area contributed by atoms with E-state index in [1.54, 1.807) is 0 Å². The number of hydrogen-bond acceptors (Lipinski definition) is 3. The van der Waals surface area contributed by atoms with Gasteiger partial charge in [0.05, 0.1) is 6.04 Å². The van der Waals surface area contributed by atoms with Crippen LogP contribution in [0.3, 0.4) is 0 Å². The lowest BCUT2D eigenvalue weighted by Gasteiger charge is -2.25. The van der Waals surface area contributed by atoms with Gasteiger partial charge in [0.15, 0.2) is 5.82 Å². The Morgan fingerprint density at radius 2 is 2.25 bits per heavy atom. The van der Waals surface area contributed by atoms with E-state index in [-0.39, 0.29) is 11.3 Å². The minimum atomic E-state index is -0.547. The van der Waals surface area contributed by atoms with E-state index in [2.05, 4.69) is 15.5 Å². The highest BCUT2D eigenvalue weighted by molar-refractivity contribution is 5.94. The Bertz CT molecular complexity index is 364. The van der Waals surface area contributed by atoms with Gasteiger partial charge >= 0.3 is 0 Å². The molecule has 0 saturated heterocycles. The van der Waals surface area contributed by atoms with Gasteiger partial charge < -0.3 is 11.1 Å². The second-order valence-corrected chi connectivity index (χ2v) is 4.96. The van der Waals surface area contributed by atoms with E-state index in [0.29, 0.717) is 5.82 Å². The highest BCUT2D eigenvalue weighted by Crippen LogP contribution is 2.18. The summed E-state index contributed by atoms with van der Waals surface area (Å²) in [6.45, 7) is 7.80. The van der Waals surface area contributed by atoms with E-state index in [9.17, 15) is 4.79 Å². The largest absolute Gasteiger partial charge is 0.319 e. The van der Waals surface area contributed by atoms with Crippen LogP contribution in [0.15, 0.2) is 6.07 Å². The molecule has 0 radical (unpaired) electrons. The van der Waals surface area contributed by atoms with E-state index in [1.165, 1.54) is 0 Å². The Morgan fingerprint density at radius 1 is 1.62 bits per heavy atom. The molecule has 16 heavy (non-hydrogen) atoms. The van der Waals surface area contributed by atoms with Gasteiger partial charge in [0, 0.05) is 11.8 Å². The van der Waals surface area contributed by atoms with Crippen molar-refractivity contribution in [2.45, 2.75) is 40.2 Å². The topological polar surface area (TPSA) is 83.8 Å². The summed E-state index contributed by atoms with van der Waals surface area (Å²) in [5.74, 6) is 0.322. The molecule has 1 atom stereocenters. The lowest BCUT2D eigenvalue weighted by Crippen LogP contribution is -2.45. The summed E-state index contributed by atoms with van der Waals surface area (Å²) in [4.78, 5) is 11.8. The zero-order chi connectivity index (χ0) is 12.3. The molecule has 1 amide bonds. The number of H-pyrrole nitrogens is 1. The number of rotatable bonds is 3. The zero-order valence-corrected chi connectivity index (χ0v) is 10.3. The van der Waals surface area contributed by atoms with E-state index in [4.69, 9.17) is 5.73 Å². The van der Waals surface area contributed by atoms with Crippen LogP contribution >= 0.6 is 0 Å². The predicted octanol–water partition coefficient (Wildman–Crippen LogP) is 1.28. The van der Waals surface area contributed by atoms with Crippen LogP contribution in [0.1, 0.15) is 33.4 Å². The van der Waals surface area contributed by atoms with E-state index < -0.39 is 6.04 Å². The number of anilines is 1. The lowest BCUT2D eigenvalue weighted by atomic mass is 9.87. The van der Waals surface area contributed by atoms with Gasteiger partial charge in [-0.2, -0.15) is 5.10 Å². The molecular weight excluding hydrogens is 204 g/mol. The van der Waals surface area contributed by atoms with Crippen molar-refractivity contribution in [3.63, 3.8) is 0 Å². The van der Waals surface area contributed by atoms with Crippen LogP contribution in [0.5, 0.6) is 0 Å². The number of aryl methyl sites for hydroxylation is 1. The molecule has 0 saturated carbocycles. The van der Waals surface area contributed by atoms with Gasteiger partial charge in [0.1, 0.15) is 0 Å². The first-order valence-electron chi connectivity index (χ1n) is 5.45. The zero-order valence-electron chi connectivity index (χ0n) is 10.3. The molecule has 5 nitrogen and oxygen atoms in total. The summed E-state index contributed by atoms with van der Waals surface area (Å²) < 4.78 is 0. The number of amides is 1. The van der Waals surface area contributed by atoms with Gasteiger partial charge in [0.2, 0.25) is 5.91 Å². The van der Waals surface area contributed by atoms with Crippen LogP contribution in [0, 0.1) is 5.41 Å². The van der Waals surface area contributed by atoms with Crippen LogP contribution < -0.4 is 11.1 Å². The molecule has 0 aliphatic rings. The predicted molar refractivity (Wildman–Crippen MR) is 64.0 cm³/mol. The Kier molecular flexibility index (Phi) is 3.70. The number of aromatic amines is 1. The molecule has 4 N–H and O–H groups in total. The summed E-state index contributed by atoms with van der Waals surface area (Å²) in [5.41, 5.74) is 6.56. The standard InChI is InChI=1S/C11H20N4O/c1-5-7-6-8(15-14-7)13-10(16)9(12)11(2,3)4/h6,9H,5,12H2,1-4H3,(H2,13,14,15,16)/t9-/m1/s1. The monoisotopic (exact) mass is 224 g/mol. The van der Waals surface area contributed by atoms with E-state index in [1.807, 2.05) is 33.8 Å². The van der Waals surface area contributed by atoms with Crippen molar-refractivity contribution in [2.75, 3.05) is 5.32 Å². The van der Waals surface area contributed by atoms with Crippen LogP contribution in [-0.2, 0) is 11.2 Å². The molecule has 1 heterocycles. The number of nitrogens with two attached hydrogens (primary N) is 1. The Labute approximate surface area is 95.8 Å². The maximum Gasteiger partial charge on any atom is 0.243 e. The van der Waals surface area contributed by atoms with Crippen molar-refractivity contribution >= 4 is 11.7 Å². The third-order valence-electron chi connectivity index (χ3n) is 2.48. The fourth-order valence-corrected chi connectivity index (χ4v) is 1.20. The van der Waals surface area contributed by atoms with Crippen LogP contribution in [0.4, 0.5) is 5.82 Å². The summed E-state index contributed by atoms with van der Waals surface area (Å²) in [6.07, 6.45) is 0.855. The normalized spacial score (nSPS) is 13.6. The molecule has 0 aromatic carbocycles. The van der Waals surface area contributed by atoms with Crippen molar-refractivity contribution in [1.82, 2.24) is 10.2 Å². The van der Waals surface area contributed by atoms with E-state index >= 15 is 0 Å². The second-order valence-electron chi connectivity index (χ2n) is 4.96. The van der Waals surface area contributed by atoms with Crippen LogP contribution in [0.25, 0.3) is 0 Å². The molecule has 0 fully saturated rings. The first-order valence-corrected chi connectivity index (χ1v) is 5.45. The van der Waals surface area contributed by atoms with Gasteiger partial charge in [-0.25, -0.2) is 0 Å². The second kappa shape index (κ2) is 4.65. The number of aromatic nitrogens is 2. The molecule has 0 aliphatic carbocycles. The molecule has 1 aromatic heterocycles. The highest BCUT2D eigenvalue weighted by Gasteiger charge is 2.27. The fraction of sp³-hybridized carbons (Fsp3) is 0.636. The maximum absolute atomic E-state index is 11.8. The van der Waals surface area contributed by atoms with Gasteiger partial charge in [-0.05, 0) is 11.8 Å². The average Bonchev–Trinajstić information content (AvgIpc) is 2.63.